The van der Waals surface area contributed by atoms with Gasteiger partial charge in [-0.1, -0.05) is 24.3 Å². The molecule has 2 aromatic carbocycles. The van der Waals surface area contributed by atoms with Crippen molar-refractivity contribution in [3.8, 4) is 0 Å². The highest BCUT2D eigenvalue weighted by Gasteiger charge is 2.60. The number of rotatable bonds is 3. The van der Waals surface area contributed by atoms with Crippen molar-refractivity contribution in [1.82, 2.24) is 0 Å². The third kappa shape index (κ3) is 1.88. The van der Waals surface area contributed by atoms with Crippen LogP contribution in [0.15, 0.2) is 48.5 Å². The second kappa shape index (κ2) is 4.40. The van der Waals surface area contributed by atoms with E-state index in [9.17, 15) is 18.7 Å². The Morgan fingerprint density at radius 3 is 1.65 bits per heavy atom. The number of halogens is 2. The number of carboxylic acids is 1. The molecule has 4 heteroatoms. The van der Waals surface area contributed by atoms with Crippen LogP contribution in [0, 0.1) is 17.6 Å². The summed E-state index contributed by atoms with van der Waals surface area (Å²) in [7, 11) is 0. The maximum Gasteiger partial charge on any atom is 0.307 e. The lowest BCUT2D eigenvalue weighted by molar-refractivity contribution is -0.138. The molecule has 0 aromatic heterocycles. The van der Waals surface area contributed by atoms with Gasteiger partial charge in [0.05, 0.1) is 5.92 Å². The lowest BCUT2D eigenvalue weighted by atomic mass is 9.85. The van der Waals surface area contributed by atoms with Gasteiger partial charge in [-0.05, 0) is 41.8 Å². The van der Waals surface area contributed by atoms with Crippen molar-refractivity contribution in [3.05, 3.63) is 71.3 Å². The van der Waals surface area contributed by atoms with E-state index in [0.717, 1.165) is 11.1 Å². The molecular weight excluding hydrogens is 262 g/mol. The molecule has 1 fully saturated rings. The van der Waals surface area contributed by atoms with E-state index in [4.69, 9.17) is 0 Å². The van der Waals surface area contributed by atoms with Crippen LogP contribution in [0.1, 0.15) is 17.5 Å². The standard InChI is InChI=1S/C16H12F2O2/c17-12-5-1-10(2-6-12)16(9-14(16)15(19)20)11-3-7-13(18)8-4-11/h1-8,14H,9H2,(H,19,20)/t14-/m1/s1. The summed E-state index contributed by atoms with van der Waals surface area (Å²) in [5, 5.41) is 9.27. The highest BCUT2D eigenvalue weighted by atomic mass is 19.1. The van der Waals surface area contributed by atoms with E-state index >= 15 is 0 Å². The second-order valence-corrected chi connectivity index (χ2v) is 5.08. The second-order valence-electron chi connectivity index (χ2n) is 5.08. The SMILES string of the molecule is O=C(O)[C@H]1CC1(c1ccc(F)cc1)c1ccc(F)cc1. The zero-order valence-electron chi connectivity index (χ0n) is 10.5. The minimum atomic E-state index is -0.890. The minimum Gasteiger partial charge on any atom is -0.481 e. The maximum atomic E-state index is 13.0. The zero-order valence-corrected chi connectivity index (χ0v) is 10.5. The highest BCUT2D eigenvalue weighted by Crippen LogP contribution is 2.58. The molecule has 3 rings (SSSR count). The molecule has 20 heavy (non-hydrogen) atoms. The average Bonchev–Trinajstić information content (AvgIpc) is 3.17. The van der Waals surface area contributed by atoms with E-state index < -0.39 is 17.3 Å². The molecule has 0 aliphatic heterocycles. The maximum absolute atomic E-state index is 13.0. The van der Waals surface area contributed by atoms with Crippen molar-refractivity contribution in [2.24, 2.45) is 5.92 Å². The Morgan fingerprint density at radius 2 is 1.35 bits per heavy atom. The summed E-state index contributed by atoms with van der Waals surface area (Å²) in [6, 6.07) is 11.7. The summed E-state index contributed by atoms with van der Waals surface area (Å²) < 4.78 is 26.1. The first-order chi connectivity index (χ1) is 9.54. The van der Waals surface area contributed by atoms with Gasteiger partial charge in [0.25, 0.3) is 0 Å². The molecule has 0 bridgehead atoms. The topological polar surface area (TPSA) is 37.3 Å². The van der Waals surface area contributed by atoms with Gasteiger partial charge < -0.3 is 5.11 Å². The number of carbonyl (C=O) groups is 1. The van der Waals surface area contributed by atoms with Crippen LogP contribution in [0.3, 0.4) is 0 Å². The molecule has 0 heterocycles. The van der Waals surface area contributed by atoms with E-state index in [0.29, 0.717) is 6.42 Å². The third-order valence-corrected chi connectivity index (χ3v) is 3.98. The molecule has 0 amide bonds. The van der Waals surface area contributed by atoms with E-state index in [1.165, 1.54) is 24.3 Å². The van der Waals surface area contributed by atoms with Crippen molar-refractivity contribution in [1.29, 1.82) is 0 Å². The van der Waals surface area contributed by atoms with Crippen molar-refractivity contribution in [2.75, 3.05) is 0 Å². The average molecular weight is 274 g/mol. The van der Waals surface area contributed by atoms with Crippen LogP contribution in [0.25, 0.3) is 0 Å². The summed E-state index contributed by atoms with van der Waals surface area (Å²) in [6.07, 6.45) is 0.444. The summed E-state index contributed by atoms with van der Waals surface area (Å²) in [5.41, 5.74) is 0.823. The molecule has 1 aliphatic carbocycles. The molecule has 1 aliphatic rings. The fourth-order valence-electron chi connectivity index (χ4n) is 2.86. The van der Waals surface area contributed by atoms with Gasteiger partial charge in [-0.15, -0.1) is 0 Å². The molecule has 1 saturated carbocycles. The highest BCUT2D eigenvalue weighted by molar-refractivity contribution is 5.79. The van der Waals surface area contributed by atoms with Crippen molar-refractivity contribution < 1.29 is 18.7 Å². The first kappa shape index (κ1) is 12.8. The fraction of sp³-hybridized carbons (Fsp3) is 0.188. The van der Waals surface area contributed by atoms with Crippen LogP contribution in [0.2, 0.25) is 0 Å². The van der Waals surface area contributed by atoms with Crippen LogP contribution in [0.5, 0.6) is 0 Å². The van der Waals surface area contributed by atoms with Gasteiger partial charge in [-0.25, -0.2) is 8.78 Å². The normalized spacial score (nSPS) is 19.6. The van der Waals surface area contributed by atoms with Gasteiger partial charge in [0, 0.05) is 5.41 Å². The molecule has 1 atom stereocenters. The van der Waals surface area contributed by atoms with E-state index in [1.807, 2.05) is 0 Å². The zero-order chi connectivity index (χ0) is 14.3. The quantitative estimate of drug-likeness (QED) is 0.931. The molecule has 0 saturated heterocycles. The van der Waals surface area contributed by atoms with E-state index in [1.54, 1.807) is 24.3 Å². The van der Waals surface area contributed by atoms with Gasteiger partial charge in [0.2, 0.25) is 0 Å². The van der Waals surface area contributed by atoms with E-state index in [-0.39, 0.29) is 11.6 Å². The Balaban J connectivity index is 2.09. The van der Waals surface area contributed by atoms with Gasteiger partial charge in [0.15, 0.2) is 0 Å². The fourth-order valence-corrected chi connectivity index (χ4v) is 2.86. The number of carboxylic acid groups (broad SMARTS) is 1. The van der Waals surface area contributed by atoms with Crippen LogP contribution in [-0.2, 0) is 10.2 Å². The van der Waals surface area contributed by atoms with Gasteiger partial charge in [-0.3, -0.25) is 4.79 Å². The Hall–Kier alpha value is -2.23. The Morgan fingerprint density at radius 1 is 0.950 bits per heavy atom. The van der Waals surface area contributed by atoms with Crippen molar-refractivity contribution in [3.63, 3.8) is 0 Å². The number of hydrogen-bond donors (Lipinski definition) is 1. The van der Waals surface area contributed by atoms with Gasteiger partial charge >= 0.3 is 5.97 Å². The first-order valence-corrected chi connectivity index (χ1v) is 6.29. The molecule has 2 aromatic rings. The summed E-state index contributed by atoms with van der Waals surface area (Å²) in [6.45, 7) is 0. The van der Waals surface area contributed by atoms with Gasteiger partial charge in [0.1, 0.15) is 11.6 Å². The molecule has 2 nitrogen and oxygen atoms in total. The van der Waals surface area contributed by atoms with Gasteiger partial charge in [-0.2, -0.15) is 0 Å². The molecule has 0 spiro atoms. The summed E-state index contributed by atoms with van der Waals surface area (Å²) >= 11 is 0. The largest absolute Gasteiger partial charge is 0.481 e. The van der Waals surface area contributed by atoms with Crippen LogP contribution >= 0.6 is 0 Å². The number of benzene rings is 2. The Bertz CT molecular complexity index is 602. The molecule has 0 radical (unpaired) electrons. The molecule has 0 unspecified atom stereocenters. The lowest BCUT2D eigenvalue weighted by Gasteiger charge is -2.18. The van der Waals surface area contributed by atoms with Crippen LogP contribution in [-0.4, -0.2) is 11.1 Å². The summed E-state index contributed by atoms with van der Waals surface area (Å²) in [4.78, 5) is 11.3. The molecule has 102 valence electrons. The Labute approximate surface area is 114 Å². The first-order valence-electron chi connectivity index (χ1n) is 6.29. The Kier molecular flexibility index (Phi) is 2.82. The molecular formula is C16H12F2O2. The monoisotopic (exact) mass is 274 g/mol. The third-order valence-electron chi connectivity index (χ3n) is 3.98. The minimum absolute atomic E-state index is 0.365. The molecule has 1 N–H and O–H groups in total. The predicted molar refractivity (Wildman–Crippen MR) is 69.3 cm³/mol. The summed E-state index contributed by atoms with van der Waals surface area (Å²) in [5.74, 6) is -2.18. The number of hydrogen-bond acceptors (Lipinski definition) is 1. The van der Waals surface area contributed by atoms with Crippen molar-refractivity contribution in [2.45, 2.75) is 11.8 Å². The lowest BCUT2D eigenvalue weighted by Crippen LogP contribution is -2.16. The smallest absolute Gasteiger partial charge is 0.307 e. The predicted octanol–water partition coefficient (Wildman–Crippen LogP) is 3.36. The van der Waals surface area contributed by atoms with Crippen LogP contribution in [0.4, 0.5) is 8.78 Å². The number of aliphatic carboxylic acids is 1. The van der Waals surface area contributed by atoms with Crippen molar-refractivity contribution >= 4 is 5.97 Å². The van der Waals surface area contributed by atoms with E-state index in [2.05, 4.69) is 0 Å². The van der Waals surface area contributed by atoms with Crippen LogP contribution < -0.4 is 0 Å².